The van der Waals surface area contributed by atoms with Crippen LogP contribution in [-0.2, 0) is 0 Å². The van der Waals surface area contributed by atoms with Crippen molar-refractivity contribution in [2.24, 2.45) is 0 Å². The van der Waals surface area contributed by atoms with Gasteiger partial charge in [-0.3, -0.25) is 9.69 Å². The molecule has 1 atom stereocenters. The van der Waals surface area contributed by atoms with E-state index in [-0.39, 0.29) is 11.9 Å². The average molecular weight is 367 g/mol. The molecule has 1 aliphatic heterocycles. The summed E-state index contributed by atoms with van der Waals surface area (Å²) in [6, 6.07) is 16.1. The molecular formula is C22H29N3O2. The summed E-state index contributed by atoms with van der Waals surface area (Å²) >= 11 is 0. The number of carbonyl (C=O) groups is 1. The van der Waals surface area contributed by atoms with Crippen LogP contribution in [0.15, 0.2) is 48.5 Å². The maximum Gasteiger partial charge on any atom is 0.255 e. The molecule has 5 heteroatoms. The number of nitrogens with one attached hydrogen (secondary N) is 1. The molecule has 1 amide bonds. The second kappa shape index (κ2) is 9.02. The normalized spacial score (nSPS) is 16.7. The van der Waals surface area contributed by atoms with E-state index in [2.05, 4.69) is 53.4 Å². The summed E-state index contributed by atoms with van der Waals surface area (Å²) in [5, 5.41) is 3.12. The molecule has 0 saturated carbocycles. The number of methoxy groups -OCH3 is 1. The molecule has 1 aliphatic rings. The summed E-state index contributed by atoms with van der Waals surface area (Å²) in [4.78, 5) is 17.5. The quantitative estimate of drug-likeness (QED) is 0.853. The summed E-state index contributed by atoms with van der Waals surface area (Å²) < 4.78 is 5.32. The van der Waals surface area contributed by atoms with Crippen molar-refractivity contribution in [3.63, 3.8) is 0 Å². The van der Waals surface area contributed by atoms with Crippen LogP contribution in [0.3, 0.4) is 0 Å². The monoisotopic (exact) mass is 367 g/mol. The molecule has 2 aromatic carbocycles. The van der Waals surface area contributed by atoms with Crippen molar-refractivity contribution in [1.29, 1.82) is 0 Å². The maximum absolute atomic E-state index is 12.7. The zero-order valence-electron chi connectivity index (χ0n) is 16.4. The third kappa shape index (κ3) is 4.87. The first-order valence-electron chi connectivity index (χ1n) is 9.49. The number of hydrogen-bond acceptors (Lipinski definition) is 4. The van der Waals surface area contributed by atoms with Crippen LogP contribution < -0.4 is 10.1 Å². The number of aryl methyl sites for hydroxylation is 1. The molecule has 0 aromatic heterocycles. The molecule has 1 saturated heterocycles. The van der Waals surface area contributed by atoms with Gasteiger partial charge in [-0.15, -0.1) is 0 Å². The third-order valence-corrected chi connectivity index (χ3v) is 5.25. The van der Waals surface area contributed by atoms with Gasteiger partial charge in [-0.25, -0.2) is 0 Å². The second-order valence-electron chi connectivity index (χ2n) is 7.18. The van der Waals surface area contributed by atoms with Crippen LogP contribution in [-0.4, -0.2) is 62.6 Å². The van der Waals surface area contributed by atoms with Crippen LogP contribution in [0, 0.1) is 6.92 Å². The number of nitrogens with zero attached hydrogens (tertiary/aromatic N) is 2. The number of benzene rings is 2. The van der Waals surface area contributed by atoms with E-state index in [9.17, 15) is 4.79 Å². The summed E-state index contributed by atoms with van der Waals surface area (Å²) in [5.41, 5.74) is 3.06. The van der Waals surface area contributed by atoms with E-state index in [1.54, 1.807) is 13.2 Å². The Labute approximate surface area is 161 Å². The van der Waals surface area contributed by atoms with Gasteiger partial charge in [0.05, 0.1) is 18.7 Å². The Morgan fingerprint density at radius 3 is 2.41 bits per heavy atom. The van der Waals surface area contributed by atoms with Crippen molar-refractivity contribution < 1.29 is 9.53 Å². The SMILES string of the molecule is COc1ccccc1C(=O)NC[C@H](c1ccc(C)cc1)N1CCN(C)CC1. The fourth-order valence-electron chi connectivity index (χ4n) is 3.50. The van der Waals surface area contributed by atoms with Crippen molar-refractivity contribution >= 4 is 5.91 Å². The molecule has 1 heterocycles. The highest BCUT2D eigenvalue weighted by Crippen LogP contribution is 2.23. The van der Waals surface area contributed by atoms with Gasteiger partial charge in [-0.2, -0.15) is 0 Å². The zero-order chi connectivity index (χ0) is 19.2. The molecule has 0 bridgehead atoms. The number of para-hydroxylation sites is 1. The van der Waals surface area contributed by atoms with Crippen LogP contribution in [0.1, 0.15) is 27.5 Å². The maximum atomic E-state index is 12.7. The van der Waals surface area contributed by atoms with Crippen molar-refractivity contribution in [3.8, 4) is 5.75 Å². The van der Waals surface area contributed by atoms with E-state index in [0.29, 0.717) is 17.9 Å². The first kappa shape index (κ1) is 19.4. The number of hydrogen-bond donors (Lipinski definition) is 1. The highest BCUT2D eigenvalue weighted by atomic mass is 16.5. The van der Waals surface area contributed by atoms with Crippen LogP contribution in [0.5, 0.6) is 5.75 Å². The van der Waals surface area contributed by atoms with Crippen LogP contribution in [0.4, 0.5) is 0 Å². The highest BCUT2D eigenvalue weighted by molar-refractivity contribution is 5.96. The first-order valence-corrected chi connectivity index (χ1v) is 9.49. The fraction of sp³-hybridized carbons (Fsp3) is 0.409. The molecule has 2 aromatic rings. The predicted molar refractivity (Wildman–Crippen MR) is 108 cm³/mol. The van der Waals surface area contributed by atoms with E-state index in [1.165, 1.54) is 11.1 Å². The lowest BCUT2D eigenvalue weighted by Gasteiger charge is -2.38. The van der Waals surface area contributed by atoms with E-state index in [4.69, 9.17) is 4.74 Å². The smallest absolute Gasteiger partial charge is 0.255 e. The minimum Gasteiger partial charge on any atom is -0.496 e. The number of piperazine rings is 1. The van der Waals surface area contributed by atoms with Crippen LogP contribution >= 0.6 is 0 Å². The van der Waals surface area contributed by atoms with Gasteiger partial charge in [-0.1, -0.05) is 42.0 Å². The van der Waals surface area contributed by atoms with E-state index >= 15 is 0 Å². The van der Waals surface area contributed by atoms with E-state index < -0.39 is 0 Å². The lowest BCUT2D eigenvalue weighted by atomic mass is 10.0. The van der Waals surface area contributed by atoms with Gasteiger partial charge in [0, 0.05) is 32.7 Å². The molecule has 5 nitrogen and oxygen atoms in total. The average Bonchev–Trinajstić information content (AvgIpc) is 2.70. The molecule has 27 heavy (non-hydrogen) atoms. The summed E-state index contributed by atoms with van der Waals surface area (Å²) in [6.45, 7) is 6.76. The summed E-state index contributed by atoms with van der Waals surface area (Å²) in [5.74, 6) is 0.500. The zero-order valence-corrected chi connectivity index (χ0v) is 16.4. The Morgan fingerprint density at radius 1 is 1.07 bits per heavy atom. The van der Waals surface area contributed by atoms with Crippen LogP contribution in [0.2, 0.25) is 0 Å². The van der Waals surface area contributed by atoms with Crippen molar-refractivity contribution in [2.45, 2.75) is 13.0 Å². The molecule has 0 radical (unpaired) electrons. The fourth-order valence-corrected chi connectivity index (χ4v) is 3.50. The summed E-state index contributed by atoms with van der Waals surface area (Å²) in [6.07, 6.45) is 0. The Kier molecular flexibility index (Phi) is 6.48. The van der Waals surface area contributed by atoms with Gasteiger partial charge in [0.15, 0.2) is 0 Å². The van der Waals surface area contributed by atoms with Crippen molar-refractivity contribution in [3.05, 3.63) is 65.2 Å². The predicted octanol–water partition coefficient (Wildman–Crippen LogP) is 2.72. The number of amides is 1. The molecule has 1 fully saturated rings. The Balaban J connectivity index is 1.75. The Bertz CT molecular complexity index is 752. The Morgan fingerprint density at radius 2 is 1.74 bits per heavy atom. The van der Waals surface area contributed by atoms with Crippen LogP contribution in [0.25, 0.3) is 0 Å². The standard InChI is InChI=1S/C22H29N3O2/c1-17-8-10-18(11-9-17)20(25-14-12-24(2)13-15-25)16-23-22(26)19-6-4-5-7-21(19)27-3/h4-11,20H,12-16H2,1-3H3,(H,23,26)/t20-/m1/s1. The lowest BCUT2D eigenvalue weighted by Crippen LogP contribution is -2.48. The number of rotatable bonds is 6. The minimum atomic E-state index is -0.0984. The molecule has 0 aliphatic carbocycles. The number of carbonyl (C=O) groups excluding carboxylic acids is 1. The second-order valence-corrected chi connectivity index (χ2v) is 7.18. The van der Waals surface area contributed by atoms with Crippen molar-refractivity contribution in [2.75, 3.05) is 46.9 Å². The lowest BCUT2D eigenvalue weighted by molar-refractivity contribution is 0.0883. The van der Waals surface area contributed by atoms with E-state index in [0.717, 1.165) is 26.2 Å². The largest absolute Gasteiger partial charge is 0.496 e. The Hall–Kier alpha value is -2.37. The minimum absolute atomic E-state index is 0.0984. The van der Waals surface area contributed by atoms with Gasteiger partial charge < -0.3 is 15.0 Å². The number of likely N-dealkylation sites (N-methyl/N-ethyl adjacent to an activating group) is 1. The van der Waals surface area contributed by atoms with Gasteiger partial charge in [0.25, 0.3) is 5.91 Å². The van der Waals surface area contributed by atoms with Gasteiger partial charge >= 0.3 is 0 Å². The molecule has 3 rings (SSSR count). The molecule has 144 valence electrons. The van der Waals surface area contributed by atoms with Crippen molar-refractivity contribution in [1.82, 2.24) is 15.1 Å². The molecule has 0 unspecified atom stereocenters. The van der Waals surface area contributed by atoms with Gasteiger partial charge in [0.1, 0.15) is 5.75 Å². The molecule has 0 spiro atoms. The van der Waals surface area contributed by atoms with Gasteiger partial charge in [0.2, 0.25) is 0 Å². The molecule has 1 N–H and O–H groups in total. The van der Waals surface area contributed by atoms with Gasteiger partial charge in [-0.05, 0) is 31.7 Å². The third-order valence-electron chi connectivity index (χ3n) is 5.25. The molecular weight excluding hydrogens is 338 g/mol. The highest BCUT2D eigenvalue weighted by Gasteiger charge is 2.25. The van der Waals surface area contributed by atoms with E-state index in [1.807, 2.05) is 18.2 Å². The number of ether oxygens (including phenoxy) is 1. The first-order chi connectivity index (χ1) is 13.1. The topological polar surface area (TPSA) is 44.8 Å². The summed E-state index contributed by atoms with van der Waals surface area (Å²) in [7, 11) is 3.74.